The SMILES string of the molecule is CC1CN(C(C)C(=O)Nc2ccccc2C#N)CCO1. The van der Waals surface area contributed by atoms with Gasteiger partial charge in [-0.2, -0.15) is 5.26 Å². The fourth-order valence-corrected chi connectivity index (χ4v) is 2.29. The van der Waals surface area contributed by atoms with E-state index in [1.54, 1.807) is 24.3 Å². The quantitative estimate of drug-likeness (QED) is 0.908. The van der Waals surface area contributed by atoms with Gasteiger partial charge in [0.15, 0.2) is 0 Å². The molecule has 1 amide bonds. The summed E-state index contributed by atoms with van der Waals surface area (Å²) in [4.78, 5) is 14.4. The molecule has 1 aromatic carbocycles. The Bertz CT molecular complexity index is 524. The maximum Gasteiger partial charge on any atom is 0.241 e. The zero-order chi connectivity index (χ0) is 14.5. The molecule has 1 heterocycles. The van der Waals surface area contributed by atoms with Gasteiger partial charge in [0.25, 0.3) is 0 Å². The summed E-state index contributed by atoms with van der Waals surface area (Å²) in [7, 11) is 0. The molecule has 5 nitrogen and oxygen atoms in total. The zero-order valence-corrected chi connectivity index (χ0v) is 11.8. The van der Waals surface area contributed by atoms with Gasteiger partial charge in [-0.1, -0.05) is 12.1 Å². The normalized spacial score (nSPS) is 20.9. The number of benzene rings is 1. The number of hydrogen-bond donors (Lipinski definition) is 1. The first-order chi connectivity index (χ1) is 9.61. The molecule has 0 saturated carbocycles. The standard InChI is InChI=1S/C15H19N3O2/c1-11-10-18(7-8-20-11)12(2)15(19)17-14-6-4-3-5-13(14)9-16/h3-6,11-12H,7-8,10H2,1-2H3,(H,17,19). The second-order valence-corrected chi connectivity index (χ2v) is 5.00. The summed E-state index contributed by atoms with van der Waals surface area (Å²) < 4.78 is 5.48. The molecule has 0 radical (unpaired) electrons. The van der Waals surface area contributed by atoms with Gasteiger partial charge in [0.2, 0.25) is 5.91 Å². The monoisotopic (exact) mass is 273 g/mol. The topological polar surface area (TPSA) is 65.4 Å². The molecule has 0 aromatic heterocycles. The number of morpholine rings is 1. The number of ether oxygens (including phenoxy) is 1. The molecule has 2 rings (SSSR count). The van der Waals surface area contributed by atoms with Gasteiger partial charge in [-0.3, -0.25) is 9.69 Å². The molecule has 106 valence electrons. The van der Waals surface area contributed by atoms with Crippen molar-refractivity contribution in [2.24, 2.45) is 0 Å². The first kappa shape index (κ1) is 14.5. The van der Waals surface area contributed by atoms with E-state index in [2.05, 4.69) is 16.3 Å². The lowest BCUT2D eigenvalue weighted by Crippen LogP contribution is -2.50. The van der Waals surface area contributed by atoms with Gasteiger partial charge in [0.1, 0.15) is 6.07 Å². The summed E-state index contributed by atoms with van der Waals surface area (Å²) in [5.41, 5.74) is 1.04. The van der Waals surface area contributed by atoms with Gasteiger partial charge in [0, 0.05) is 13.1 Å². The lowest BCUT2D eigenvalue weighted by molar-refractivity contribution is -0.123. The maximum absolute atomic E-state index is 12.3. The second-order valence-electron chi connectivity index (χ2n) is 5.00. The van der Waals surface area contributed by atoms with Crippen LogP contribution in [0.15, 0.2) is 24.3 Å². The lowest BCUT2D eigenvalue weighted by atomic mass is 10.1. The summed E-state index contributed by atoms with van der Waals surface area (Å²) in [6.07, 6.45) is 0.144. The maximum atomic E-state index is 12.3. The number of carbonyl (C=O) groups is 1. The van der Waals surface area contributed by atoms with Crippen LogP contribution in [-0.2, 0) is 9.53 Å². The van der Waals surface area contributed by atoms with Gasteiger partial charge in [-0.15, -0.1) is 0 Å². The number of hydrogen-bond acceptors (Lipinski definition) is 4. The van der Waals surface area contributed by atoms with Gasteiger partial charge >= 0.3 is 0 Å². The number of carbonyl (C=O) groups excluding carboxylic acids is 1. The van der Waals surface area contributed by atoms with E-state index in [1.807, 2.05) is 13.8 Å². The molecule has 0 bridgehead atoms. The van der Waals surface area contributed by atoms with E-state index in [4.69, 9.17) is 10.00 Å². The van der Waals surface area contributed by atoms with Crippen molar-refractivity contribution < 1.29 is 9.53 Å². The highest BCUT2D eigenvalue weighted by molar-refractivity contribution is 5.95. The second kappa shape index (κ2) is 6.51. The number of nitriles is 1. The Hall–Kier alpha value is -1.90. The lowest BCUT2D eigenvalue weighted by Gasteiger charge is -2.34. The predicted octanol–water partition coefficient (Wildman–Crippen LogP) is 1.61. The third-order valence-electron chi connectivity index (χ3n) is 3.51. The molecule has 0 aliphatic carbocycles. The number of amides is 1. The highest BCUT2D eigenvalue weighted by Gasteiger charge is 2.26. The van der Waals surface area contributed by atoms with Crippen molar-refractivity contribution in [2.45, 2.75) is 26.0 Å². The minimum atomic E-state index is -0.243. The summed E-state index contributed by atoms with van der Waals surface area (Å²) in [5.74, 6) is -0.0956. The van der Waals surface area contributed by atoms with E-state index in [0.29, 0.717) is 17.9 Å². The first-order valence-electron chi connectivity index (χ1n) is 6.77. The largest absolute Gasteiger partial charge is 0.376 e. The molecule has 1 aliphatic heterocycles. The predicted molar refractivity (Wildman–Crippen MR) is 76.2 cm³/mol. The average molecular weight is 273 g/mol. The van der Waals surface area contributed by atoms with Crippen LogP contribution in [0.5, 0.6) is 0 Å². The molecule has 5 heteroatoms. The van der Waals surface area contributed by atoms with Crippen LogP contribution in [0.2, 0.25) is 0 Å². The minimum absolute atomic E-state index is 0.0956. The smallest absolute Gasteiger partial charge is 0.241 e. The van der Waals surface area contributed by atoms with E-state index in [-0.39, 0.29) is 18.1 Å². The van der Waals surface area contributed by atoms with Crippen molar-refractivity contribution in [3.8, 4) is 6.07 Å². The number of nitrogens with zero attached hydrogens (tertiary/aromatic N) is 2. The van der Waals surface area contributed by atoms with E-state index in [9.17, 15) is 4.79 Å². The molecule has 20 heavy (non-hydrogen) atoms. The number of rotatable bonds is 3. The fourth-order valence-electron chi connectivity index (χ4n) is 2.29. The van der Waals surface area contributed by atoms with Gasteiger partial charge in [-0.05, 0) is 26.0 Å². The molecular formula is C15H19N3O2. The minimum Gasteiger partial charge on any atom is -0.376 e. The molecule has 1 N–H and O–H groups in total. The van der Waals surface area contributed by atoms with Crippen LogP contribution in [0.4, 0.5) is 5.69 Å². The van der Waals surface area contributed by atoms with E-state index < -0.39 is 0 Å². The molecule has 0 spiro atoms. The summed E-state index contributed by atoms with van der Waals surface area (Å²) in [5, 5.41) is 11.9. The number of para-hydroxylation sites is 1. The summed E-state index contributed by atoms with van der Waals surface area (Å²) >= 11 is 0. The van der Waals surface area contributed by atoms with Crippen molar-refractivity contribution >= 4 is 11.6 Å². The van der Waals surface area contributed by atoms with Crippen LogP contribution in [0.3, 0.4) is 0 Å². The zero-order valence-electron chi connectivity index (χ0n) is 11.8. The summed E-state index contributed by atoms with van der Waals surface area (Å²) in [6.45, 7) is 6.02. The molecule has 1 aromatic rings. The van der Waals surface area contributed by atoms with Crippen LogP contribution in [0, 0.1) is 11.3 Å². The molecule has 2 atom stereocenters. The first-order valence-corrected chi connectivity index (χ1v) is 6.77. The van der Waals surface area contributed by atoms with Crippen molar-refractivity contribution in [3.05, 3.63) is 29.8 Å². The van der Waals surface area contributed by atoms with Crippen LogP contribution in [0.25, 0.3) is 0 Å². The van der Waals surface area contributed by atoms with Crippen LogP contribution in [0.1, 0.15) is 19.4 Å². The van der Waals surface area contributed by atoms with Gasteiger partial charge in [0.05, 0.1) is 30.0 Å². The van der Waals surface area contributed by atoms with Crippen molar-refractivity contribution in [3.63, 3.8) is 0 Å². The van der Waals surface area contributed by atoms with Crippen molar-refractivity contribution in [1.29, 1.82) is 5.26 Å². The third kappa shape index (κ3) is 3.35. The molecule has 1 aliphatic rings. The molecule has 1 fully saturated rings. The van der Waals surface area contributed by atoms with Crippen LogP contribution in [-0.4, -0.2) is 42.6 Å². The molecule has 1 saturated heterocycles. The fraction of sp³-hybridized carbons (Fsp3) is 0.467. The Balaban J connectivity index is 2.02. The molecule has 2 unspecified atom stereocenters. The van der Waals surface area contributed by atoms with Gasteiger partial charge in [-0.25, -0.2) is 0 Å². The van der Waals surface area contributed by atoms with E-state index >= 15 is 0 Å². The highest BCUT2D eigenvalue weighted by atomic mass is 16.5. The van der Waals surface area contributed by atoms with E-state index in [0.717, 1.165) is 13.1 Å². The Morgan fingerprint density at radius 2 is 2.30 bits per heavy atom. The highest BCUT2D eigenvalue weighted by Crippen LogP contribution is 2.15. The number of nitrogens with one attached hydrogen (secondary N) is 1. The van der Waals surface area contributed by atoms with Crippen LogP contribution >= 0.6 is 0 Å². The van der Waals surface area contributed by atoms with Crippen molar-refractivity contribution in [2.75, 3.05) is 25.0 Å². The Kier molecular flexibility index (Phi) is 4.72. The van der Waals surface area contributed by atoms with Crippen molar-refractivity contribution in [1.82, 2.24) is 4.90 Å². The van der Waals surface area contributed by atoms with E-state index in [1.165, 1.54) is 0 Å². The average Bonchev–Trinajstić information content (AvgIpc) is 2.47. The summed E-state index contributed by atoms with van der Waals surface area (Å²) in [6, 6.07) is 8.85. The van der Waals surface area contributed by atoms with Crippen LogP contribution < -0.4 is 5.32 Å². The Morgan fingerprint density at radius 1 is 1.55 bits per heavy atom. The Labute approximate surface area is 119 Å². The molecular weight excluding hydrogens is 254 g/mol. The Morgan fingerprint density at radius 3 is 3.00 bits per heavy atom. The number of anilines is 1. The van der Waals surface area contributed by atoms with Gasteiger partial charge < -0.3 is 10.1 Å². The third-order valence-corrected chi connectivity index (χ3v) is 3.51.